The van der Waals surface area contributed by atoms with Crippen molar-refractivity contribution in [3.05, 3.63) is 60.2 Å². The highest BCUT2D eigenvalue weighted by molar-refractivity contribution is 7.92. The van der Waals surface area contributed by atoms with E-state index in [4.69, 9.17) is 0 Å². The Morgan fingerprint density at radius 3 is 2.33 bits per heavy atom. The maximum atomic E-state index is 13.4. The van der Waals surface area contributed by atoms with Gasteiger partial charge in [-0.3, -0.25) is 4.72 Å². The van der Waals surface area contributed by atoms with Crippen LogP contribution in [0.4, 0.5) is 14.5 Å². The molecule has 0 atom stereocenters. The van der Waals surface area contributed by atoms with Gasteiger partial charge in [0, 0.05) is 0 Å². The first-order valence-electron chi connectivity index (χ1n) is 5.02. The Kier molecular flexibility index (Phi) is 3.29. The molecule has 1 N–H and O–H groups in total. The van der Waals surface area contributed by atoms with Crippen molar-refractivity contribution in [1.82, 2.24) is 0 Å². The van der Waals surface area contributed by atoms with Crippen molar-refractivity contribution in [2.45, 2.75) is 4.90 Å². The summed E-state index contributed by atoms with van der Waals surface area (Å²) in [5.74, 6) is -1.44. The molecule has 0 aliphatic rings. The van der Waals surface area contributed by atoms with Gasteiger partial charge in [0.15, 0.2) is 0 Å². The zero-order chi connectivity index (χ0) is 13.2. The van der Waals surface area contributed by atoms with Crippen LogP contribution in [0.25, 0.3) is 0 Å². The van der Waals surface area contributed by atoms with Crippen molar-refractivity contribution in [3.8, 4) is 0 Å². The largest absolute Gasteiger partial charge is 0.279 e. The van der Waals surface area contributed by atoms with Crippen molar-refractivity contribution in [1.29, 1.82) is 0 Å². The zero-order valence-corrected chi connectivity index (χ0v) is 9.92. The molecule has 0 spiro atoms. The third-order valence-electron chi connectivity index (χ3n) is 2.20. The smallest absolute Gasteiger partial charge is 0.264 e. The molecule has 0 fully saturated rings. The summed E-state index contributed by atoms with van der Waals surface area (Å²) >= 11 is 0. The van der Waals surface area contributed by atoms with E-state index in [0.717, 1.165) is 18.2 Å². The lowest BCUT2D eigenvalue weighted by molar-refractivity contribution is 0.570. The van der Waals surface area contributed by atoms with E-state index in [1.165, 1.54) is 30.3 Å². The predicted octanol–water partition coefficient (Wildman–Crippen LogP) is 2.77. The van der Waals surface area contributed by atoms with Crippen LogP contribution in [0, 0.1) is 11.6 Å². The van der Waals surface area contributed by atoms with Gasteiger partial charge in [-0.2, -0.15) is 0 Å². The Hall–Kier alpha value is -1.95. The Bertz CT molecular complexity index is 671. The molecule has 0 unspecified atom stereocenters. The Labute approximate surface area is 103 Å². The highest BCUT2D eigenvalue weighted by Gasteiger charge is 2.18. The normalized spacial score (nSPS) is 11.2. The van der Waals surface area contributed by atoms with Crippen molar-refractivity contribution in [2.24, 2.45) is 0 Å². The molecule has 0 saturated heterocycles. The summed E-state index contributed by atoms with van der Waals surface area (Å²) in [6.07, 6.45) is 0. The highest BCUT2D eigenvalue weighted by Crippen LogP contribution is 2.18. The van der Waals surface area contributed by atoms with Gasteiger partial charge >= 0.3 is 0 Å². The van der Waals surface area contributed by atoms with Crippen molar-refractivity contribution >= 4 is 15.7 Å². The maximum Gasteiger partial charge on any atom is 0.264 e. The number of anilines is 1. The molecule has 6 heteroatoms. The maximum absolute atomic E-state index is 13.4. The van der Waals surface area contributed by atoms with Crippen LogP contribution in [0.3, 0.4) is 0 Å². The Balaban J connectivity index is 2.37. The van der Waals surface area contributed by atoms with Crippen LogP contribution in [-0.2, 0) is 10.0 Å². The fourth-order valence-corrected chi connectivity index (χ4v) is 2.55. The second-order valence-corrected chi connectivity index (χ2v) is 5.20. The first-order valence-corrected chi connectivity index (χ1v) is 6.50. The Morgan fingerprint density at radius 1 is 0.944 bits per heavy atom. The minimum absolute atomic E-state index is 0.0400. The van der Waals surface area contributed by atoms with Gasteiger partial charge in [0.2, 0.25) is 0 Å². The third kappa shape index (κ3) is 2.65. The summed E-state index contributed by atoms with van der Waals surface area (Å²) in [7, 11) is -4.05. The molecule has 3 nitrogen and oxygen atoms in total. The fraction of sp³-hybridized carbons (Fsp3) is 0. The van der Waals surface area contributed by atoms with E-state index < -0.39 is 26.6 Å². The van der Waals surface area contributed by atoms with E-state index in [9.17, 15) is 17.2 Å². The molecule has 2 aromatic carbocycles. The number of rotatable bonds is 3. The molecule has 18 heavy (non-hydrogen) atoms. The molecule has 0 heterocycles. The lowest BCUT2D eigenvalue weighted by atomic mass is 10.3. The molecule has 0 aliphatic carbocycles. The van der Waals surface area contributed by atoms with Gasteiger partial charge in [-0.25, -0.2) is 17.2 Å². The van der Waals surface area contributed by atoms with Crippen molar-refractivity contribution < 1.29 is 17.2 Å². The lowest BCUT2D eigenvalue weighted by Crippen LogP contribution is -2.14. The number of sulfonamides is 1. The molecular formula is C12H9F2NO2S. The molecule has 0 aliphatic heterocycles. The summed E-state index contributed by atoms with van der Waals surface area (Å²) in [5, 5.41) is 0. The molecule has 2 rings (SSSR count). The third-order valence-corrected chi connectivity index (χ3v) is 3.62. The summed E-state index contributed by atoms with van der Waals surface area (Å²) in [5.41, 5.74) is 0.0400. The van der Waals surface area contributed by atoms with Crippen molar-refractivity contribution in [2.75, 3.05) is 4.72 Å². The van der Waals surface area contributed by atoms with Gasteiger partial charge in [-0.05, 0) is 30.3 Å². The first kappa shape index (κ1) is 12.5. The number of nitrogens with one attached hydrogen (secondary N) is 1. The van der Waals surface area contributed by atoms with Crippen LogP contribution in [0.5, 0.6) is 0 Å². The number of benzene rings is 2. The summed E-state index contributed by atoms with van der Waals surface area (Å²) in [6, 6.07) is 9.90. The minimum Gasteiger partial charge on any atom is -0.279 e. The van der Waals surface area contributed by atoms with Gasteiger partial charge in [0.05, 0.1) is 5.69 Å². The van der Waals surface area contributed by atoms with Crippen LogP contribution < -0.4 is 4.72 Å². The van der Waals surface area contributed by atoms with E-state index in [0.29, 0.717) is 0 Å². The number of hydrogen-bond acceptors (Lipinski definition) is 2. The van der Waals surface area contributed by atoms with Crippen LogP contribution in [0.2, 0.25) is 0 Å². The summed E-state index contributed by atoms with van der Waals surface area (Å²) in [4.78, 5) is -0.478. The molecule has 0 radical (unpaired) electrons. The molecule has 0 saturated carbocycles. The standard InChI is InChI=1S/C12H9F2NO2S/c13-9-4-3-5-10(8-9)15-18(16,17)12-7-2-1-6-11(12)14/h1-8,15H. The van der Waals surface area contributed by atoms with Gasteiger partial charge in [-0.15, -0.1) is 0 Å². The minimum atomic E-state index is -4.05. The van der Waals surface area contributed by atoms with E-state index in [1.807, 2.05) is 0 Å². The van der Waals surface area contributed by atoms with E-state index in [1.54, 1.807) is 0 Å². The summed E-state index contributed by atoms with van der Waals surface area (Å²) in [6.45, 7) is 0. The molecule has 0 bridgehead atoms. The van der Waals surface area contributed by atoms with Crippen LogP contribution >= 0.6 is 0 Å². The SMILES string of the molecule is O=S(=O)(Nc1cccc(F)c1)c1ccccc1F. The monoisotopic (exact) mass is 269 g/mol. The average Bonchev–Trinajstić information content (AvgIpc) is 2.28. The highest BCUT2D eigenvalue weighted by atomic mass is 32.2. The van der Waals surface area contributed by atoms with Gasteiger partial charge in [-0.1, -0.05) is 18.2 Å². The van der Waals surface area contributed by atoms with Crippen molar-refractivity contribution in [3.63, 3.8) is 0 Å². The van der Waals surface area contributed by atoms with Crippen LogP contribution in [0.15, 0.2) is 53.4 Å². The van der Waals surface area contributed by atoms with E-state index in [2.05, 4.69) is 4.72 Å². The second kappa shape index (κ2) is 4.73. The molecule has 2 aromatic rings. The molecule has 0 amide bonds. The average molecular weight is 269 g/mol. The molecular weight excluding hydrogens is 260 g/mol. The van der Waals surface area contributed by atoms with Gasteiger partial charge < -0.3 is 0 Å². The number of hydrogen-bond donors (Lipinski definition) is 1. The fourth-order valence-electron chi connectivity index (χ4n) is 1.42. The number of halogens is 2. The molecule has 0 aromatic heterocycles. The Morgan fingerprint density at radius 2 is 1.67 bits per heavy atom. The van der Waals surface area contributed by atoms with Crippen LogP contribution in [0.1, 0.15) is 0 Å². The topological polar surface area (TPSA) is 46.2 Å². The van der Waals surface area contributed by atoms with Gasteiger partial charge in [0.1, 0.15) is 16.5 Å². The molecule has 94 valence electrons. The second-order valence-electron chi connectivity index (χ2n) is 3.55. The first-order chi connectivity index (χ1) is 8.49. The van der Waals surface area contributed by atoms with Gasteiger partial charge in [0.25, 0.3) is 10.0 Å². The van der Waals surface area contributed by atoms with Crippen LogP contribution in [-0.4, -0.2) is 8.42 Å². The summed E-state index contributed by atoms with van der Waals surface area (Å²) < 4.78 is 52.1. The van der Waals surface area contributed by atoms with E-state index in [-0.39, 0.29) is 5.69 Å². The zero-order valence-electron chi connectivity index (χ0n) is 9.10. The van der Waals surface area contributed by atoms with E-state index >= 15 is 0 Å². The quantitative estimate of drug-likeness (QED) is 0.931. The predicted molar refractivity (Wildman–Crippen MR) is 63.6 cm³/mol. The lowest BCUT2D eigenvalue weighted by Gasteiger charge is -2.08.